The van der Waals surface area contributed by atoms with Gasteiger partial charge in [0.1, 0.15) is 0 Å². The Kier molecular flexibility index (Phi) is 8.46. The topological polar surface area (TPSA) is 47.1 Å². The average molecular weight is 968 g/mol. The number of benzene rings is 10. The van der Waals surface area contributed by atoms with Crippen LogP contribution in [0.2, 0.25) is 0 Å². The van der Waals surface area contributed by atoms with Gasteiger partial charge in [0.2, 0.25) is 0 Å². The minimum Gasteiger partial charge on any atom is -0.453 e. The van der Waals surface area contributed by atoms with Crippen molar-refractivity contribution in [3.8, 4) is 67.4 Å². The van der Waals surface area contributed by atoms with Crippen molar-refractivity contribution < 1.29 is 4.74 Å². The number of aromatic nitrogens is 4. The molecular formula is C70H41N5O. The van der Waals surface area contributed by atoms with E-state index in [2.05, 4.69) is 250 Å². The first-order chi connectivity index (χ1) is 37.7. The number of para-hydroxylation sites is 4. The molecule has 6 nitrogen and oxygen atoms in total. The molecule has 1 aliphatic heterocycles. The number of ether oxygens (including phenoxy) is 1. The van der Waals surface area contributed by atoms with Crippen LogP contribution in [-0.2, 0) is 0 Å². The summed E-state index contributed by atoms with van der Waals surface area (Å²) in [4.78, 5) is 13.8. The monoisotopic (exact) mass is 967 g/mol. The van der Waals surface area contributed by atoms with Crippen molar-refractivity contribution in [3.05, 3.63) is 249 Å². The lowest BCUT2D eigenvalue weighted by Crippen LogP contribution is -2.15. The molecular weight excluding hydrogens is 927 g/mol. The molecule has 10 aromatic carbocycles. The summed E-state index contributed by atoms with van der Waals surface area (Å²) in [6.45, 7) is 0. The minimum absolute atomic E-state index is 0.812. The summed E-state index contributed by atoms with van der Waals surface area (Å²) < 4.78 is 11.6. The third-order valence-electron chi connectivity index (χ3n) is 15.9. The third kappa shape index (κ3) is 5.80. The molecule has 0 atom stereocenters. The van der Waals surface area contributed by atoms with Crippen LogP contribution >= 0.6 is 0 Å². The molecule has 0 saturated carbocycles. The molecule has 0 radical (unpaired) electrons. The molecule has 0 N–H and O–H groups in total. The average Bonchev–Trinajstić information content (AvgIpc) is 4.28. The molecule has 0 amide bonds. The van der Waals surface area contributed by atoms with Gasteiger partial charge in [0.15, 0.2) is 11.5 Å². The highest BCUT2D eigenvalue weighted by Gasteiger charge is 2.31. The highest BCUT2D eigenvalue weighted by atomic mass is 16.5. The number of hydrogen-bond donors (Lipinski definition) is 0. The van der Waals surface area contributed by atoms with Gasteiger partial charge in [0.05, 0.1) is 66.9 Å². The summed E-state index contributed by atoms with van der Waals surface area (Å²) in [6, 6.07) is 89.4. The van der Waals surface area contributed by atoms with E-state index in [-0.39, 0.29) is 0 Å². The Balaban J connectivity index is 1.07. The summed E-state index contributed by atoms with van der Waals surface area (Å²) in [5, 5.41) is 6.86. The van der Waals surface area contributed by atoms with Crippen LogP contribution in [-0.4, -0.2) is 18.8 Å². The van der Waals surface area contributed by atoms with Crippen molar-refractivity contribution in [1.82, 2.24) is 18.8 Å². The second kappa shape index (κ2) is 15.6. The Morgan fingerprint density at radius 2 is 0.724 bits per heavy atom. The molecule has 17 rings (SSSR count). The van der Waals surface area contributed by atoms with Gasteiger partial charge in [-0.2, -0.15) is 0 Å². The molecule has 1 aliphatic rings. The normalized spacial score (nSPS) is 12.6. The quantitative estimate of drug-likeness (QED) is 0.167. The fourth-order valence-electron chi connectivity index (χ4n) is 12.6. The number of rotatable bonds is 6. The lowest BCUT2D eigenvalue weighted by Gasteiger charge is -2.33. The number of fused-ring (bicyclic) bond motifs is 14. The summed E-state index contributed by atoms with van der Waals surface area (Å²) in [6.07, 6.45) is 0. The lowest BCUT2D eigenvalue weighted by atomic mass is 9.96. The highest BCUT2D eigenvalue weighted by molar-refractivity contribution is 6.32. The molecule has 352 valence electrons. The Morgan fingerprint density at radius 1 is 0.289 bits per heavy atom. The maximum atomic E-state index is 6.56. The van der Waals surface area contributed by atoms with Gasteiger partial charge in [-0.3, -0.25) is 0 Å². The Morgan fingerprint density at radius 3 is 1.21 bits per heavy atom. The van der Waals surface area contributed by atoms with E-state index in [4.69, 9.17) is 14.7 Å². The van der Waals surface area contributed by atoms with Gasteiger partial charge in [-0.25, -0.2) is 9.97 Å². The fourth-order valence-corrected chi connectivity index (χ4v) is 12.6. The zero-order valence-electron chi connectivity index (χ0n) is 40.8. The number of nitrogens with zero attached hydrogens (tertiary/aromatic N) is 5. The summed E-state index contributed by atoms with van der Waals surface area (Å²) in [5.41, 5.74) is 22.5. The first-order valence-electron chi connectivity index (χ1n) is 25.9. The SMILES string of the molecule is c1ccc(-c2ccc3c(c2)c2cc(-c4ccccc4)nc4c5cc6c7nc(-c8ccccc8)cc8c9cc(-c%10ccccc%10)ccc9n(c6c(-c6cccc(N9c%10ccccc%10Oc%10ccccc%109)c6)c5n3c24)c87)cc1. The zero-order valence-corrected chi connectivity index (χ0v) is 40.8. The zero-order chi connectivity index (χ0) is 49.6. The van der Waals surface area contributed by atoms with Crippen LogP contribution in [0.3, 0.4) is 0 Å². The van der Waals surface area contributed by atoms with E-state index >= 15 is 0 Å². The maximum absolute atomic E-state index is 6.56. The third-order valence-corrected chi connectivity index (χ3v) is 15.9. The smallest absolute Gasteiger partial charge is 0.151 e. The van der Waals surface area contributed by atoms with Gasteiger partial charge in [-0.15, -0.1) is 0 Å². The van der Waals surface area contributed by atoms with Gasteiger partial charge in [-0.05, 0) is 107 Å². The van der Waals surface area contributed by atoms with E-state index in [0.29, 0.717) is 0 Å². The predicted octanol–water partition coefficient (Wildman–Crippen LogP) is 18.7. The molecule has 0 aliphatic carbocycles. The first-order valence-corrected chi connectivity index (χ1v) is 25.9. The van der Waals surface area contributed by atoms with Gasteiger partial charge in [0, 0.05) is 54.7 Å². The van der Waals surface area contributed by atoms with Crippen LogP contribution in [0.1, 0.15) is 0 Å². The Bertz CT molecular complexity index is 4720. The minimum atomic E-state index is 0.812. The number of anilines is 3. The second-order valence-corrected chi connectivity index (χ2v) is 20.1. The van der Waals surface area contributed by atoms with Crippen molar-refractivity contribution in [2.24, 2.45) is 0 Å². The van der Waals surface area contributed by atoms with Crippen LogP contribution in [0.5, 0.6) is 11.5 Å². The maximum Gasteiger partial charge on any atom is 0.151 e. The molecule has 0 saturated heterocycles. The van der Waals surface area contributed by atoms with E-state index in [1.54, 1.807) is 0 Å². The van der Waals surface area contributed by atoms with Gasteiger partial charge in [-0.1, -0.05) is 170 Å². The number of pyridine rings is 2. The molecule has 0 unspecified atom stereocenters. The van der Waals surface area contributed by atoms with E-state index in [1.807, 2.05) is 12.1 Å². The van der Waals surface area contributed by atoms with Crippen molar-refractivity contribution >= 4 is 93.5 Å². The van der Waals surface area contributed by atoms with Crippen LogP contribution in [0, 0.1) is 0 Å². The van der Waals surface area contributed by atoms with Crippen LogP contribution in [0.15, 0.2) is 249 Å². The van der Waals surface area contributed by atoms with E-state index in [0.717, 1.165) is 117 Å². The molecule has 0 fully saturated rings. The predicted molar refractivity (Wildman–Crippen MR) is 313 cm³/mol. The van der Waals surface area contributed by atoms with Crippen molar-refractivity contribution in [2.45, 2.75) is 0 Å². The molecule has 16 aromatic rings. The van der Waals surface area contributed by atoms with E-state index in [1.165, 1.54) is 43.8 Å². The fraction of sp³-hybridized carbons (Fsp3) is 0. The molecule has 0 spiro atoms. The molecule has 76 heavy (non-hydrogen) atoms. The second-order valence-electron chi connectivity index (χ2n) is 20.1. The standard InChI is InChI=1S/C70H41N5O/c1-5-18-42(19-6-1)46-32-34-58-50(37-46)52-40-56(44-22-9-3-10-23-44)71-65-54-39-55-66-70-53(41-57(72-66)45-24-11-4-12-25-45)51-38-47(43-20-7-2-8-21-43)33-35-59(51)75(70)68(55)64(67(54)74(58)69(52)65)48-26-17-27-49(36-48)73-60-28-13-15-30-62(60)76-63-31-16-14-29-61(63)73/h1-41H. The van der Waals surface area contributed by atoms with Crippen molar-refractivity contribution in [1.29, 1.82) is 0 Å². The van der Waals surface area contributed by atoms with Crippen LogP contribution < -0.4 is 9.64 Å². The highest BCUT2D eigenvalue weighted by Crippen LogP contribution is 2.54. The van der Waals surface area contributed by atoms with Crippen molar-refractivity contribution in [3.63, 3.8) is 0 Å². The first kappa shape index (κ1) is 41.2. The van der Waals surface area contributed by atoms with Crippen LogP contribution in [0.25, 0.3) is 132 Å². The Labute approximate surface area is 435 Å². The largest absolute Gasteiger partial charge is 0.453 e. The molecule has 0 bridgehead atoms. The summed E-state index contributed by atoms with van der Waals surface area (Å²) in [5.74, 6) is 1.62. The van der Waals surface area contributed by atoms with Crippen molar-refractivity contribution in [2.75, 3.05) is 4.90 Å². The number of hydrogen-bond acceptors (Lipinski definition) is 4. The van der Waals surface area contributed by atoms with E-state index in [9.17, 15) is 0 Å². The van der Waals surface area contributed by atoms with Gasteiger partial charge >= 0.3 is 0 Å². The molecule has 6 heteroatoms. The molecule has 6 aromatic heterocycles. The summed E-state index contributed by atoms with van der Waals surface area (Å²) >= 11 is 0. The lowest BCUT2D eigenvalue weighted by molar-refractivity contribution is 0.477. The summed E-state index contributed by atoms with van der Waals surface area (Å²) in [7, 11) is 0. The molecule has 7 heterocycles. The van der Waals surface area contributed by atoms with Gasteiger partial charge < -0.3 is 18.4 Å². The van der Waals surface area contributed by atoms with Crippen LogP contribution in [0.4, 0.5) is 17.1 Å². The van der Waals surface area contributed by atoms with Gasteiger partial charge in [0.25, 0.3) is 0 Å². The Hall–Kier alpha value is -10.3. The van der Waals surface area contributed by atoms with E-state index < -0.39 is 0 Å².